The molecular formula is C18H28Cl2O2Si. The van der Waals surface area contributed by atoms with Gasteiger partial charge in [-0.3, -0.25) is 4.79 Å². The van der Waals surface area contributed by atoms with Crippen LogP contribution in [0.4, 0.5) is 0 Å². The Morgan fingerprint density at radius 3 is 1.96 bits per heavy atom. The van der Waals surface area contributed by atoms with Crippen LogP contribution < -0.4 is 0 Å². The molecule has 23 heavy (non-hydrogen) atoms. The third-order valence-corrected chi connectivity index (χ3v) is 9.48. The van der Waals surface area contributed by atoms with Crippen molar-refractivity contribution < 1.29 is 9.22 Å². The van der Waals surface area contributed by atoms with Crippen molar-refractivity contribution in [2.24, 2.45) is 5.92 Å². The molecule has 2 nitrogen and oxygen atoms in total. The average molecular weight is 375 g/mol. The molecule has 0 aliphatic heterocycles. The molecule has 0 unspecified atom stereocenters. The zero-order valence-electron chi connectivity index (χ0n) is 15.1. The molecule has 0 aliphatic carbocycles. The van der Waals surface area contributed by atoms with Gasteiger partial charge in [0, 0.05) is 5.92 Å². The molecular weight excluding hydrogens is 347 g/mol. The third kappa shape index (κ3) is 5.32. The first kappa shape index (κ1) is 20.7. The molecule has 1 aromatic carbocycles. The molecule has 1 rings (SSSR count). The molecule has 0 aliphatic rings. The summed E-state index contributed by atoms with van der Waals surface area (Å²) in [6.07, 6.45) is -0.346. The Morgan fingerprint density at radius 1 is 1.09 bits per heavy atom. The zero-order chi connectivity index (χ0) is 18.1. The Labute approximate surface area is 151 Å². The molecule has 5 heteroatoms. The van der Waals surface area contributed by atoms with Gasteiger partial charge < -0.3 is 4.43 Å². The van der Waals surface area contributed by atoms with Gasteiger partial charge in [0.2, 0.25) is 0 Å². The summed E-state index contributed by atoms with van der Waals surface area (Å²) in [5, 5.41) is 0.0496. The normalized spacial score (nSPS) is 16.0. The number of hydrogen-bond donors (Lipinski definition) is 0. The lowest BCUT2D eigenvalue weighted by molar-refractivity contribution is -0.125. The minimum atomic E-state index is -2.06. The predicted molar refractivity (Wildman–Crippen MR) is 102 cm³/mol. The summed E-state index contributed by atoms with van der Waals surface area (Å²) < 4.78 is 5.15. The van der Waals surface area contributed by atoms with E-state index >= 15 is 0 Å². The highest BCUT2D eigenvalue weighted by molar-refractivity contribution is 6.74. The van der Waals surface area contributed by atoms with Crippen LogP contribution in [0.2, 0.25) is 18.1 Å². The largest absolute Gasteiger partial charge is 0.409 e. The standard InChI is InChI=1S/C18H28Cl2O2Si/c1-13(16(21)18(5,19)20)15(14-11-9-8-10-12-14)22-23(6,7)17(2,3)4/h8-13,15H,1-7H3/t13-,15-/m0/s1. The topological polar surface area (TPSA) is 26.3 Å². The number of halogens is 2. The van der Waals surface area contributed by atoms with E-state index in [1.54, 1.807) is 0 Å². The molecule has 0 spiro atoms. The summed E-state index contributed by atoms with van der Waals surface area (Å²) in [5.41, 5.74) is 0.982. The van der Waals surface area contributed by atoms with E-state index in [0.29, 0.717) is 0 Å². The van der Waals surface area contributed by atoms with Crippen LogP contribution in [0.1, 0.15) is 46.3 Å². The van der Waals surface area contributed by atoms with E-state index in [4.69, 9.17) is 27.6 Å². The number of ketones is 1. The molecule has 0 fully saturated rings. The second kappa shape index (κ2) is 7.26. The van der Waals surface area contributed by atoms with Crippen LogP contribution >= 0.6 is 23.2 Å². The van der Waals surface area contributed by atoms with Gasteiger partial charge in [-0.2, -0.15) is 0 Å². The van der Waals surface area contributed by atoms with Crippen LogP contribution in [0.3, 0.4) is 0 Å². The van der Waals surface area contributed by atoms with Crippen molar-refractivity contribution in [3.8, 4) is 0 Å². The van der Waals surface area contributed by atoms with Crippen molar-refractivity contribution in [1.82, 2.24) is 0 Å². The van der Waals surface area contributed by atoms with Crippen molar-refractivity contribution in [2.75, 3.05) is 0 Å². The smallest absolute Gasteiger partial charge is 0.192 e. The lowest BCUT2D eigenvalue weighted by Gasteiger charge is -2.41. The van der Waals surface area contributed by atoms with E-state index in [1.807, 2.05) is 37.3 Å². The maximum absolute atomic E-state index is 12.6. The van der Waals surface area contributed by atoms with Crippen molar-refractivity contribution in [3.05, 3.63) is 35.9 Å². The molecule has 0 bridgehead atoms. The van der Waals surface area contributed by atoms with Crippen molar-refractivity contribution in [1.29, 1.82) is 0 Å². The minimum Gasteiger partial charge on any atom is -0.409 e. The second-order valence-corrected chi connectivity index (χ2v) is 14.2. The van der Waals surface area contributed by atoms with Gasteiger partial charge >= 0.3 is 0 Å². The second-order valence-electron chi connectivity index (χ2n) is 7.75. The predicted octanol–water partition coefficient (Wildman–Crippen LogP) is 6.15. The van der Waals surface area contributed by atoms with E-state index in [0.717, 1.165) is 5.56 Å². The van der Waals surface area contributed by atoms with Crippen LogP contribution in [0, 0.1) is 5.92 Å². The number of carbonyl (C=O) groups excluding carboxylic acids is 1. The Morgan fingerprint density at radius 2 is 1.57 bits per heavy atom. The molecule has 0 saturated heterocycles. The van der Waals surface area contributed by atoms with Gasteiger partial charge in [0.1, 0.15) is 0 Å². The van der Waals surface area contributed by atoms with Gasteiger partial charge in [0.25, 0.3) is 0 Å². The highest BCUT2D eigenvalue weighted by Crippen LogP contribution is 2.43. The van der Waals surface area contributed by atoms with Crippen LogP contribution in [-0.4, -0.2) is 18.4 Å². The molecule has 130 valence electrons. The summed E-state index contributed by atoms with van der Waals surface area (Å²) in [6.45, 7) is 14.3. The van der Waals surface area contributed by atoms with E-state index in [-0.39, 0.29) is 16.9 Å². The van der Waals surface area contributed by atoms with Crippen LogP contribution in [-0.2, 0) is 9.22 Å². The SMILES string of the molecule is C[C@H](C(=O)C(C)(Cl)Cl)[C@H](O[Si](C)(C)C(C)(C)C)c1ccccc1. The van der Waals surface area contributed by atoms with Gasteiger partial charge in [0.05, 0.1) is 6.10 Å². The number of alkyl halides is 2. The number of benzene rings is 1. The minimum absolute atomic E-state index is 0.0496. The lowest BCUT2D eigenvalue weighted by Crippen LogP contribution is -2.44. The Hall–Kier alpha value is -0.353. The zero-order valence-corrected chi connectivity index (χ0v) is 17.6. The van der Waals surface area contributed by atoms with E-state index in [9.17, 15) is 4.79 Å². The summed E-state index contributed by atoms with van der Waals surface area (Å²) >= 11 is 12.1. The molecule has 0 heterocycles. The van der Waals surface area contributed by atoms with Crippen molar-refractivity contribution >= 4 is 37.3 Å². The number of rotatable bonds is 6. The highest BCUT2D eigenvalue weighted by Gasteiger charge is 2.43. The van der Waals surface area contributed by atoms with E-state index < -0.39 is 18.6 Å². The average Bonchev–Trinajstić information content (AvgIpc) is 2.42. The first-order valence-corrected chi connectivity index (χ1v) is 11.6. The first-order chi connectivity index (χ1) is 10.3. The molecule has 0 saturated carbocycles. The highest BCUT2D eigenvalue weighted by atomic mass is 35.5. The fourth-order valence-electron chi connectivity index (χ4n) is 2.13. The van der Waals surface area contributed by atoms with Gasteiger partial charge in [-0.05, 0) is 30.6 Å². The molecule has 0 radical (unpaired) electrons. The Balaban J connectivity index is 3.22. The monoisotopic (exact) mass is 374 g/mol. The van der Waals surface area contributed by atoms with Gasteiger partial charge in [-0.25, -0.2) is 0 Å². The first-order valence-electron chi connectivity index (χ1n) is 7.92. The quantitative estimate of drug-likeness (QED) is 0.440. The maximum Gasteiger partial charge on any atom is 0.192 e. The molecule has 0 amide bonds. The molecule has 0 N–H and O–H groups in total. The van der Waals surface area contributed by atoms with Crippen LogP contribution in [0.25, 0.3) is 0 Å². The van der Waals surface area contributed by atoms with Crippen molar-refractivity contribution in [3.63, 3.8) is 0 Å². The lowest BCUT2D eigenvalue weighted by atomic mass is 9.92. The fourth-order valence-corrected chi connectivity index (χ4v) is 3.81. The third-order valence-electron chi connectivity index (χ3n) is 4.66. The Bertz CT molecular complexity index is 530. The fraction of sp³-hybridized carbons (Fsp3) is 0.611. The molecule has 2 atom stereocenters. The van der Waals surface area contributed by atoms with Gasteiger partial charge in [0.15, 0.2) is 18.4 Å². The van der Waals surface area contributed by atoms with Gasteiger partial charge in [-0.15, -0.1) is 0 Å². The summed E-state index contributed by atoms with van der Waals surface area (Å²) in [6, 6.07) is 9.83. The number of hydrogen-bond acceptors (Lipinski definition) is 2. The van der Waals surface area contributed by atoms with E-state index in [2.05, 4.69) is 33.9 Å². The Kier molecular flexibility index (Phi) is 6.53. The van der Waals surface area contributed by atoms with Gasteiger partial charge in [-0.1, -0.05) is 81.2 Å². The van der Waals surface area contributed by atoms with Crippen LogP contribution in [0.5, 0.6) is 0 Å². The maximum atomic E-state index is 12.6. The number of carbonyl (C=O) groups is 1. The van der Waals surface area contributed by atoms with E-state index in [1.165, 1.54) is 6.92 Å². The molecule has 0 aromatic heterocycles. The van der Waals surface area contributed by atoms with Crippen molar-refractivity contribution in [2.45, 2.75) is 63.2 Å². The summed E-state index contributed by atoms with van der Waals surface area (Å²) in [4.78, 5) is 12.6. The number of Topliss-reactive ketones (excluding diaryl/α,β-unsaturated/α-hetero) is 1. The summed E-state index contributed by atoms with van der Waals surface area (Å²) in [7, 11) is -2.06. The van der Waals surface area contributed by atoms with Crippen LogP contribution in [0.15, 0.2) is 30.3 Å². The summed E-state index contributed by atoms with van der Waals surface area (Å²) in [5.74, 6) is -0.639. The molecule has 1 aromatic rings.